The van der Waals surface area contributed by atoms with Crippen molar-refractivity contribution in [3.05, 3.63) is 65.7 Å². The summed E-state index contributed by atoms with van der Waals surface area (Å²) in [5.74, 6) is -2.12. The quantitative estimate of drug-likeness (QED) is 0.362. The highest BCUT2D eigenvalue weighted by Crippen LogP contribution is 2.27. The van der Waals surface area contributed by atoms with Gasteiger partial charge in [0.05, 0.1) is 19.6 Å². The molecule has 0 fully saturated rings. The number of carboxylic acids is 1. The molecule has 0 spiro atoms. The average molecular weight is 457 g/mol. The van der Waals surface area contributed by atoms with Crippen LogP contribution in [0.4, 0.5) is 0 Å². The van der Waals surface area contributed by atoms with E-state index in [-0.39, 0.29) is 17.6 Å². The number of hydrogen-bond donors (Lipinski definition) is 4. The molecule has 2 rings (SSSR count). The third-order valence-corrected chi connectivity index (χ3v) is 5.57. The molecule has 8 heteroatoms. The number of amides is 1. The van der Waals surface area contributed by atoms with Gasteiger partial charge in [0.15, 0.2) is 0 Å². The molecule has 0 unspecified atom stereocenters. The molecule has 0 aromatic heterocycles. The number of carboxylic acid groups (broad SMARTS) is 1. The number of methoxy groups -OCH3 is 1. The maximum Gasteiger partial charge on any atom is 0.328 e. The van der Waals surface area contributed by atoms with Crippen LogP contribution < -0.4 is 10.6 Å². The molecule has 0 bridgehead atoms. The third kappa shape index (κ3) is 8.23. The first-order valence-electron chi connectivity index (χ1n) is 10.8. The predicted octanol–water partition coefficient (Wildman–Crippen LogP) is 2.39. The number of aliphatic carboxylic acids is 1. The number of phenols is 1. The van der Waals surface area contributed by atoms with Gasteiger partial charge in [0.25, 0.3) is 0 Å². The van der Waals surface area contributed by atoms with Crippen molar-refractivity contribution < 1.29 is 29.3 Å². The van der Waals surface area contributed by atoms with Crippen molar-refractivity contribution in [2.75, 3.05) is 13.7 Å². The van der Waals surface area contributed by atoms with E-state index in [1.54, 1.807) is 12.1 Å². The van der Waals surface area contributed by atoms with Crippen molar-refractivity contribution in [3.8, 4) is 5.75 Å². The summed E-state index contributed by atoms with van der Waals surface area (Å²) in [7, 11) is 1.24. The maximum absolute atomic E-state index is 12.9. The summed E-state index contributed by atoms with van der Waals surface area (Å²) in [5, 5.41) is 24.4. The molecule has 0 heterocycles. The van der Waals surface area contributed by atoms with Gasteiger partial charge in [-0.15, -0.1) is 0 Å². The minimum atomic E-state index is -1.13. The Morgan fingerprint density at radius 1 is 1.00 bits per heavy atom. The molecule has 33 heavy (non-hydrogen) atoms. The fourth-order valence-corrected chi connectivity index (χ4v) is 3.51. The smallest absolute Gasteiger partial charge is 0.328 e. The van der Waals surface area contributed by atoms with Crippen LogP contribution in [-0.4, -0.2) is 53.8 Å². The van der Waals surface area contributed by atoms with Crippen molar-refractivity contribution in [2.24, 2.45) is 0 Å². The van der Waals surface area contributed by atoms with Gasteiger partial charge in [0, 0.05) is 6.42 Å². The topological polar surface area (TPSA) is 125 Å². The first kappa shape index (κ1) is 25.9. The molecular formula is C25H32N2O6. The molecule has 2 atom stereocenters. The molecule has 4 N–H and O–H groups in total. The zero-order chi connectivity index (χ0) is 24.4. The Balaban J connectivity index is 2.04. The maximum atomic E-state index is 12.9. The normalized spacial score (nSPS) is 13.1. The van der Waals surface area contributed by atoms with Crippen LogP contribution >= 0.6 is 0 Å². The highest BCUT2D eigenvalue weighted by atomic mass is 16.5. The fraction of sp³-hybridized carbons (Fsp3) is 0.400. The first-order chi connectivity index (χ1) is 15.6. The number of ether oxygens (including phenoxy) is 1. The second-order valence-corrected chi connectivity index (χ2v) is 8.56. The van der Waals surface area contributed by atoms with Crippen LogP contribution in [0.25, 0.3) is 0 Å². The highest BCUT2D eigenvalue weighted by molar-refractivity contribution is 5.90. The van der Waals surface area contributed by atoms with Crippen LogP contribution in [-0.2, 0) is 31.0 Å². The van der Waals surface area contributed by atoms with E-state index in [0.29, 0.717) is 13.0 Å². The summed E-state index contributed by atoms with van der Waals surface area (Å²) in [6, 6.07) is 14.1. The Kier molecular flexibility index (Phi) is 9.42. The van der Waals surface area contributed by atoms with Gasteiger partial charge < -0.3 is 25.6 Å². The van der Waals surface area contributed by atoms with Crippen LogP contribution in [0.1, 0.15) is 37.8 Å². The highest BCUT2D eigenvalue weighted by Gasteiger charge is 2.28. The fourth-order valence-electron chi connectivity index (χ4n) is 3.51. The van der Waals surface area contributed by atoms with Crippen LogP contribution in [0.15, 0.2) is 54.6 Å². The number of nitrogens with one attached hydrogen (secondary N) is 2. The van der Waals surface area contributed by atoms with Crippen molar-refractivity contribution in [1.29, 1.82) is 0 Å². The van der Waals surface area contributed by atoms with Gasteiger partial charge in [-0.25, -0.2) is 4.79 Å². The van der Waals surface area contributed by atoms with Crippen molar-refractivity contribution >= 4 is 17.8 Å². The minimum Gasteiger partial charge on any atom is -0.508 e. The summed E-state index contributed by atoms with van der Waals surface area (Å²) in [5.41, 5.74) is 1.58. The van der Waals surface area contributed by atoms with Crippen molar-refractivity contribution in [1.82, 2.24) is 10.6 Å². The molecule has 8 nitrogen and oxygen atoms in total. The number of rotatable bonds is 12. The number of benzene rings is 2. The van der Waals surface area contributed by atoms with E-state index < -0.39 is 36.4 Å². The molecule has 0 aliphatic heterocycles. The number of esters is 1. The first-order valence-corrected chi connectivity index (χ1v) is 10.8. The number of aromatic hydroxyl groups is 1. The molecule has 0 radical (unpaired) electrons. The van der Waals surface area contributed by atoms with E-state index in [4.69, 9.17) is 4.74 Å². The van der Waals surface area contributed by atoms with Crippen molar-refractivity contribution in [2.45, 2.75) is 50.6 Å². The number of phenolic OH excluding ortho intramolecular Hbond substituents is 1. The lowest BCUT2D eigenvalue weighted by atomic mass is 9.81. The van der Waals surface area contributed by atoms with Gasteiger partial charge in [0.1, 0.15) is 11.8 Å². The van der Waals surface area contributed by atoms with E-state index >= 15 is 0 Å². The molecule has 0 aliphatic rings. The summed E-state index contributed by atoms with van der Waals surface area (Å²) < 4.78 is 4.82. The molecular weight excluding hydrogens is 424 g/mol. The Bertz CT molecular complexity index is 928. The largest absolute Gasteiger partial charge is 0.508 e. The average Bonchev–Trinajstić information content (AvgIpc) is 2.78. The van der Waals surface area contributed by atoms with Crippen LogP contribution in [0.3, 0.4) is 0 Å². The number of hydrogen-bond acceptors (Lipinski definition) is 6. The molecule has 0 saturated heterocycles. The summed E-state index contributed by atoms with van der Waals surface area (Å²) in [4.78, 5) is 36.5. The SMILES string of the molecule is COC(=O)[C@H](Cc1ccccc1)NC(=O)[C@H](CC(=O)O)NCCC(C)(C)c1ccc(O)cc1. The summed E-state index contributed by atoms with van der Waals surface area (Å²) in [6.07, 6.45) is 0.420. The zero-order valence-electron chi connectivity index (χ0n) is 19.2. The predicted molar refractivity (Wildman–Crippen MR) is 124 cm³/mol. The summed E-state index contributed by atoms with van der Waals surface area (Å²) in [6.45, 7) is 4.43. The molecule has 0 saturated carbocycles. The zero-order valence-corrected chi connectivity index (χ0v) is 19.2. The molecule has 2 aromatic carbocycles. The monoisotopic (exact) mass is 456 g/mol. The molecule has 0 aliphatic carbocycles. The van der Waals surface area contributed by atoms with Crippen LogP contribution in [0, 0.1) is 0 Å². The van der Waals surface area contributed by atoms with Gasteiger partial charge in [-0.3, -0.25) is 9.59 Å². The Labute approximate surface area is 194 Å². The van der Waals surface area contributed by atoms with Gasteiger partial charge >= 0.3 is 11.9 Å². The third-order valence-electron chi connectivity index (χ3n) is 5.57. The molecule has 178 valence electrons. The lowest BCUT2D eigenvalue weighted by Crippen LogP contribution is -2.52. The second-order valence-electron chi connectivity index (χ2n) is 8.56. The number of carbonyl (C=O) groups is 3. The van der Waals surface area contributed by atoms with E-state index in [0.717, 1.165) is 11.1 Å². The van der Waals surface area contributed by atoms with E-state index in [2.05, 4.69) is 10.6 Å². The van der Waals surface area contributed by atoms with Gasteiger partial charge in [-0.1, -0.05) is 56.3 Å². The lowest BCUT2D eigenvalue weighted by Gasteiger charge is -2.27. The number of carbonyl (C=O) groups excluding carboxylic acids is 2. The molecule has 2 aromatic rings. The Morgan fingerprint density at radius 3 is 2.21 bits per heavy atom. The van der Waals surface area contributed by atoms with E-state index in [1.165, 1.54) is 7.11 Å². The summed E-state index contributed by atoms with van der Waals surface area (Å²) >= 11 is 0. The van der Waals surface area contributed by atoms with Gasteiger partial charge in [-0.05, 0) is 41.6 Å². The van der Waals surface area contributed by atoms with Gasteiger partial charge in [0.2, 0.25) is 5.91 Å². The molecule has 1 amide bonds. The standard InChI is InChI=1S/C25H32N2O6/c1-25(2,18-9-11-19(28)12-10-18)13-14-26-20(16-22(29)30)23(31)27-21(24(32)33-3)15-17-7-5-4-6-8-17/h4-12,20-21,26,28H,13-16H2,1-3H3,(H,27,31)(H,29,30)/t20-,21-/m0/s1. The van der Waals surface area contributed by atoms with Crippen molar-refractivity contribution in [3.63, 3.8) is 0 Å². The van der Waals surface area contributed by atoms with Gasteiger partial charge in [-0.2, -0.15) is 0 Å². The van der Waals surface area contributed by atoms with E-state index in [1.807, 2.05) is 56.3 Å². The Morgan fingerprint density at radius 2 is 1.64 bits per heavy atom. The minimum absolute atomic E-state index is 0.182. The van der Waals surface area contributed by atoms with Crippen LogP contribution in [0.5, 0.6) is 5.75 Å². The van der Waals surface area contributed by atoms with E-state index in [9.17, 15) is 24.6 Å². The Hall–Kier alpha value is -3.39. The van der Waals surface area contributed by atoms with Crippen LogP contribution in [0.2, 0.25) is 0 Å². The second kappa shape index (κ2) is 12.0. The lowest BCUT2D eigenvalue weighted by molar-refractivity contribution is -0.145.